The Bertz CT molecular complexity index is 1060. The molecule has 1 fully saturated rings. The van der Waals surface area contributed by atoms with Gasteiger partial charge in [0.2, 0.25) is 17.8 Å². The quantitative estimate of drug-likeness (QED) is 0.496. The molecule has 0 radical (unpaired) electrons. The number of hydrogen-bond acceptors (Lipinski definition) is 7. The van der Waals surface area contributed by atoms with Crippen LogP contribution in [0.5, 0.6) is 0 Å². The Morgan fingerprint density at radius 2 is 1.84 bits per heavy atom. The van der Waals surface area contributed by atoms with Crippen LogP contribution in [0.3, 0.4) is 0 Å². The number of nitrogens with zero attached hydrogens (tertiary/aromatic N) is 4. The molecule has 32 heavy (non-hydrogen) atoms. The molecule has 0 atom stereocenters. The van der Waals surface area contributed by atoms with Crippen LogP contribution in [-0.4, -0.2) is 40.1 Å². The van der Waals surface area contributed by atoms with Gasteiger partial charge < -0.3 is 20.3 Å². The van der Waals surface area contributed by atoms with Crippen LogP contribution < -0.4 is 15.5 Å². The number of anilines is 4. The molecule has 1 amide bonds. The molecule has 0 spiro atoms. The molecule has 3 aromatic rings. The van der Waals surface area contributed by atoms with E-state index in [1.54, 1.807) is 0 Å². The number of benzene rings is 2. The number of nitrogens with one attached hydrogen (secondary N) is 2. The Hall–Kier alpha value is -3.04. The van der Waals surface area contributed by atoms with Crippen molar-refractivity contribution in [2.45, 2.75) is 32.5 Å². The molecule has 0 saturated carbocycles. The molecule has 8 nitrogen and oxygen atoms in total. The standard InChI is InChI=1S/C23H25BrN6O2/c1-16(31)27-19-8-5-9-20(21(19)24)28-22-25-15-26-23(29-22)30-12-10-18(11-13-30)32-14-17-6-3-2-4-7-17/h2-9,15,18H,10-14H2,1H3,(H,27,31)(H,25,26,28,29). The molecule has 2 heterocycles. The minimum atomic E-state index is -0.138. The lowest BCUT2D eigenvalue weighted by Gasteiger charge is -2.31. The zero-order valence-electron chi connectivity index (χ0n) is 17.8. The summed E-state index contributed by atoms with van der Waals surface area (Å²) in [5.74, 6) is 0.942. The van der Waals surface area contributed by atoms with Gasteiger partial charge in [-0.05, 0) is 46.5 Å². The molecule has 0 bridgehead atoms. The summed E-state index contributed by atoms with van der Waals surface area (Å²) in [6.45, 7) is 3.76. The van der Waals surface area contributed by atoms with Gasteiger partial charge in [-0.15, -0.1) is 0 Å². The van der Waals surface area contributed by atoms with E-state index in [2.05, 4.69) is 58.5 Å². The fraction of sp³-hybridized carbons (Fsp3) is 0.304. The van der Waals surface area contributed by atoms with Crippen LogP contribution in [0.2, 0.25) is 0 Å². The van der Waals surface area contributed by atoms with Crippen molar-refractivity contribution in [1.29, 1.82) is 0 Å². The molecule has 166 valence electrons. The number of hydrogen-bond donors (Lipinski definition) is 2. The van der Waals surface area contributed by atoms with E-state index in [9.17, 15) is 4.79 Å². The molecular formula is C23H25BrN6O2. The summed E-state index contributed by atoms with van der Waals surface area (Å²) >= 11 is 3.53. The fourth-order valence-electron chi connectivity index (χ4n) is 3.55. The first kappa shape index (κ1) is 22.2. The molecule has 4 rings (SSSR count). The third-order valence-corrected chi connectivity index (χ3v) is 6.02. The number of ether oxygens (including phenoxy) is 1. The number of amides is 1. The molecule has 1 aromatic heterocycles. The maximum Gasteiger partial charge on any atom is 0.232 e. The van der Waals surface area contributed by atoms with Crippen molar-refractivity contribution in [3.63, 3.8) is 0 Å². The van der Waals surface area contributed by atoms with Gasteiger partial charge in [-0.25, -0.2) is 9.97 Å². The van der Waals surface area contributed by atoms with Crippen molar-refractivity contribution in [2.75, 3.05) is 28.6 Å². The first-order chi connectivity index (χ1) is 15.6. The summed E-state index contributed by atoms with van der Waals surface area (Å²) in [4.78, 5) is 26.7. The van der Waals surface area contributed by atoms with Crippen molar-refractivity contribution in [3.8, 4) is 0 Å². The molecule has 1 aliphatic rings. The highest BCUT2D eigenvalue weighted by Gasteiger charge is 2.22. The monoisotopic (exact) mass is 496 g/mol. The van der Waals surface area contributed by atoms with Crippen LogP contribution in [0, 0.1) is 0 Å². The predicted molar refractivity (Wildman–Crippen MR) is 128 cm³/mol. The first-order valence-corrected chi connectivity index (χ1v) is 11.3. The molecule has 0 aliphatic carbocycles. The summed E-state index contributed by atoms with van der Waals surface area (Å²) < 4.78 is 6.81. The van der Waals surface area contributed by atoms with E-state index in [1.807, 2.05) is 36.4 Å². The summed E-state index contributed by atoms with van der Waals surface area (Å²) in [7, 11) is 0. The average Bonchev–Trinajstić information content (AvgIpc) is 2.81. The SMILES string of the molecule is CC(=O)Nc1cccc(Nc2ncnc(N3CCC(OCc4ccccc4)CC3)n2)c1Br. The number of halogens is 1. The molecule has 2 N–H and O–H groups in total. The first-order valence-electron chi connectivity index (χ1n) is 10.5. The second-order valence-electron chi connectivity index (χ2n) is 7.57. The highest BCUT2D eigenvalue weighted by molar-refractivity contribution is 9.10. The van der Waals surface area contributed by atoms with Gasteiger partial charge in [0.15, 0.2) is 0 Å². The molecule has 0 unspecified atom stereocenters. The van der Waals surface area contributed by atoms with E-state index < -0.39 is 0 Å². The normalized spacial score (nSPS) is 14.2. The number of carbonyl (C=O) groups is 1. The van der Waals surface area contributed by atoms with Gasteiger partial charge in [0, 0.05) is 20.0 Å². The van der Waals surface area contributed by atoms with Crippen LogP contribution in [0.4, 0.5) is 23.3 Å². The van der Waals surface area contributed by atoms with E-state index in [1.165, 1.54) is 18.8 Å². The van der Waals surface area contributed by atoms with Crippen LogP contribution in [0.1, 0.15) is 25.3 Å². The van der Waals surface area contributed by atoms with Crippen LogP contribution in [-0.2, 0) is 16.1 Å². The molecule has 9 heteroatoms. The van der Waals surface area contributed by atoms with Crippen molar-refractivity contribution < 1.29 is 9.53 Å². The number of rotatable bonds is 7. The Kier molecular flexibility index (Phi) is 7.28. The fourth-order valence-corrected chi connectivity index (χ4v) is 4.01. The van der Waals surface area contributed by atoms with E-state index >= 15 is 0 Å². The van der Waals surface area contributed by atoms with Crippen molar-refractivity contribution in [1.82, 2.24) is 15.0 Å². The highest BCUT2D eigenvalue weighted by atomic mass is 79.9. The lowest BCUT2D eigenvalue weighted by molar-refractivity contribution is -0.114. The molecular weight excluding hydrogens is 472 g/mol. The van der Waals surface area contributed by atoms with Crippen LogP contribution >= 0.6 is 15.9 Å². The zero-order valence-corrected chi connectivity index (χ0v) is 19.4. The Morgan fingerprint density at radius 3 is 2.59 bits per heavy atom. The third-order valence-electron chi connectivity index (χ3n) is 5.17. The van der Waals surface area contributed by atoms with Crippen molar-refractivity contribution in [3.05, 3.63) is 64.9 Å². The van der Waals surface area contributed by atoms with Crippen molar-refractivity contribution >= 4 is 45.1 Å². The summed E-state index contributed by atoms with van der Waals surface area (Å²) in [5.41, 5.74) is 2.62. The Balaban J connectivity index is 1.35. The second kappa shape index (κ2) is 10.5. The Morgan fingerprint density at radius 1 is 1.09 bits per heavy atom. The lowest BCUT2D eigenvalue weighted by atomic mass is 10.1. The van der Waals surface area contributed by atoms with E-state index in [0.29, 0.717) is 24.2 Å². The average molecular weight is 497 g/mol. The number of aromatic nitrogens is 3. The predicted octanol–water partition coefficient (Wildman–Crippen LogP) is 4.52. The van der Waals surface area contributed by atoms with Crippen LogP contribution in [0.15, 0.2) is 59.3 Å². The minimum absolute atomic E-state index is 0.138. The van der Waals surface area contributed by atoms with Gasteiger partial charge >= 0.3 is 0 Å². The highest BCUT2D eigenvalue weighted by Crippen LogP contribution is 2.32. The van der Waals surface area contributed by atoms with Gasteiger partial charge in [0.05, 0.1) is 28.6 Å². The molecule has 1 saturated heterocycles. The topological polar surface area (TPSA) is 92.3 Å². The van der Waals surface area contributed by atoms with Crippen LogP contribution in [0.25, 0.3) is 0 Å². The largest absolute Gasteiger partial charge is 0.373 e. The van der Waals surface area contributed by atoms with E-state index in [-0.39, 0.29) is 12.0 Å². The van der Waals surface area contributed by atoms with Gasteiger partial charge in [0.1, 0.15) is 6.33 Å². The van der Waals surface area contributed by atoms with Gasteiger partial charge in [0.25, 0.3) is 0 Å². The molecule has 2 aromatic carbocycles. The maximum absolute atomic E-state index is 11.4. The maximum atomic E-state index is 11.4. The zero-order chi connectivity index (χ0) is 22.3. The second-order valence-corrected chi connectivity index (χ2v) is 8.36. The number of carbonyl (C=O) groups excluding carboxylic acids is 1. The number of piperidine rings is 1. The lowest BCUT2D eigenvalue weighted by Crippen LogP contribution is -2.38. The van der Waals surface area contributed by atoms with Crippen molar-refractivity contribution in [2.24, 2.45) is 0 Å². The van der Waals surface area contributed by atoms with Gasteiger partial charge in [-0.2, -0.15) is 4.98 Å². The van der Waals surface area contributed by atoms with Gasteiger partial charge in [-0.1, -0.05) is 36.4 Å². The van der Waals surface area contributed by atoms with E-state index in [0.717, 1.165) is 36.1 Å². The van der Waals surface area contributed by atoms with Gasteiger partial charge in [-0.3, -0.25) is 4.79 Å². The summed E-state index contributed by atoms with van der Waals surface area (Å²) in [5, 5.41) is 5.99. The van der Waals surface area contributed by atoms with E-state index in [4.69, 9.17) is 4.74 Å². The third kappa shape index (κ3) is 5.80. The smallest absolute Gasteiger partial charge is 0.232 e. The summed E-state index contributed by atoms with van der Waals surface area (Å²) in [6.07, 6.45) is 3.59. The minimum Gasteiger partial charge on any atom is -0.373 e. The summed E-state index contributed by atoms with van der Waals surface area (Å²) in [6, 6.07) is 15.8. The Labute approximate surface area is 195 Å². The molecule has 1 aliphatic heterocycles.